The molecule has 2 rings (SSSR count). The zero-order valence-electron chi connectivity index (χ0n) is 15.2. The Balaban J connectivity index is 0.00000392. The zero-order valence-corrected chi connectivity index (χ0v) is 16.0. The van der Waals surface area contributed by atoms with Crippen LogP contribution in [0, 0.1) is 5.41 Å². The van der Waals surface area contributed by atoms with Crippen molar-refractivity contribution in [1.29, 1.82) is 5.41 Å². The molecule has 5 N–H and O–H groups in total. The standard InChI is InChI=1S/C19H21N3O5.ClH/c1-26-16(12-6-8-15(9-7-12)27-11-17(23)24)10-22-19(25)14-4-2-13(3-5-14)18(20)21;/h2-9,16H,10-11H2,1H3,(H3,20,21)(H,22,25)(H,23,24);1H/t16-;/m1./s1. The number of amides is 1. The van der Waals surface area contributed by atoms with Crippen molar-refractivity contribution in [3.63, 3.8) is 0 Å². The molecule has 0 radical (unpaired) electrons. The van der Waals surface area contributed by atoms with Crippen LogP contribution in [-0.4, -0.2) is 43.1 Å². The van der Waals surface area contributed by atoms with Crippen molar-refractivity contribution in [2.24, 2.45) is 5.73 Å². The Hall–Kier alpha value is -3.10. The van der Waals surface area contributed by atoms with Crippen LogP contribution in [0.5, 0.6) is 5.75 Å². The lowest BCUT2D eigenvalue weighted by molar-refractivity contribution is -0.139. The van der Waals surface area contributed by atoms with Crippen LogP contribution in [0.3, 0.4) is 0 Å². The highest BCUT2D eigenvalue weighted by atomic mass is 35.5. The minimum absolute atomic E-state index is 0. The number of aliphatic carboxylic acids is 1. The van der Waals surface area contributed by atoms with E-state index in [1.165, 1.54) is 7.11 Å². The highest BCUT2D eigenvalue weighted by Gasteiger charge is 2.14. The van der Waals surface area contributed by atoms with Crippen molar-refractivity contribution in [1.82, 2.24) is 5.32 Å². The van der Waals surface area contributed by atoms with Gasteiger partial charge in [-0.05, 0) is 29.8 Å². The number of nitrogen functional groups attached to an aromatic ring is 1. The molecule has 0 aromatic heterocycles. The van der Waals surface area contributed by atoms with Crippen LogP contribution in [0.1, 0.15) is 27.6 Å². The number of carbonyl (C=O) groups excluding carboxylic acids is 1. The number of halogens is 1. The second-order valence-corrected chi connectivity index (χ2v) is 5.68. The molecule has 0 heterocycles. The monoisotopic (exact) mass is 407 g/mol. The van der Waals surface area contributed by atoms with Crippen LogP contribution >= 0.6 is 12.4 Å². The van der Waals surface area contributed by atoms with Gasteiger partial charge in [-0.15, -0.1) is 12.4 Å². The Bertz CT molecular complexity index is 809. The third kappa shape index (κ3) is 6.57. The SMILES string of the molecule is CO[C@H](CNC(=O)c1ccc(C(=N)N)cc1)c1ccc(OCC(=O)O)cc1.Cl. The summed E-state index contributed by atoms with van der Waals surface area (Å²) in [5.74, 6) is -0.941. The minimum Gasteiger partial charge on any atom is -0.482 e. The fourth-order valence-electron chi connectivity index (χ4n) is 2.35. The predicted molar refractivity (Wildman–Crippen MR) is 106 cm³/mol. The summed E-state index contributed by atoms with van der Waals surface area (Å²) < 4.78 is 10.5. The van der Waals surface area contributed by atoms with Gasteiger partial charge in [0.25, 0.3) is 5.91 Å². The van der Waals surface area contributed by atoms with Gasteiger partial charge < -0.3 is 25.6 Å². The molecule has 1 atom stereocenters. The van der Waals surface area contributed by atoms with Crippen LogP contribution in [0.4, 0.5) is 0 Å². The van der Waals surface area contributed by atoms with Crippen molar-refractivity contribution >= 4 is 30.1 Å². The summed E-state index contributed by atoms with van der Waals surface area (Å²) in [4.78, 5) is 22.8. The van der Waals surface area contributed by atoms with Crippen molar-refractivity contribution in [2.45, 2.75) is 6.10 Å². The fraction of sp³-hybridized carbons (Fsp3) is 0.211. The molecule has 2 aromatic carbocycles. The summed E-state index contributed by atoms with van der Waals surface area (Å²) in [6.45, 7) is -0.162. The normalized spacial score (nSPS) is 11.0. The lowest BCUT2D eigenvalue weighted by Gasteiger charge is -2.17. The van der Waals surface area contributed by atoms with Crippen LogP contribution in [0.2, 0.25) is 0 Å². The summed E-state index contributed by atoms with van der Waals surface area (Å²) in [6.07, 6.45) is -0.376. The molecule has 0 unspecified atom stereocenters. The van der Waals surface area contributed by atoms with Crippen molar-refractivity contribution in [2.75, 3.05) is 20.3 Å². The topological polar surface area (TPSA) is 135 Å². The van der Waals surface area contributed by atoms with Crippen molar-refractivity contribution in [3.05, 3.63) is 65.2 Å². The second-order valence-electron chi connectivity index (χ2n) is 5.68. The molecule has 1 amide bonds. The number of ether oxygens (including phenoxy) is 2. The molecule has 0 aliphatic carbocycles. The molecule has 2 aromatic rings. The largest absolute Gasteiger partial charge is 0.482 e. The summed E-state index contributed by atoms with van der Waals surface area (Å²) in [6, 6.07) is 13.2. The number of hydrogen-bond acceptors (Lipinski definition) is 5. The quantitative estimate of drug-likeness (QED) is 0.371. The Labute approximate surface area is 168 Å². The van der Waals surface area contributed by atoms with Gasteiger partial charge in [-0.25, -0.2) is 4.79 Å². The summed E-state index contributed by atoms with van der Waals surface area (Å²) in [5.41, 5.74) is 7.20. The molecule has 0 aliphatic heterocycles. The van der Waals surface area contributed by atoms with E-state index in [2.05, 4.69) is 5.32 Å². The lowest BCUT2D eigenvalue weighted by Crippen LogP contribution is -2.29. The molecule has 150 valence electrons. The van der Waals surface area contributed by atoms with Gasteiger partial charge in [-0.3, -0.25) is 10.2 Å². The van der Waals surface area contributed by atoms with Gasteiger partial charge in [0.2, 0.25) is 0 Å². The third-order valence-corrected chi connectivity index (χ3v) is 3.80. The molecule has 8 nitrogen and oxygen atoms in total. The van der Waals surface area contributed by atoms with E-state index in [0.717, 1.165) is 5.56 Å². The number of benzene rings is 2. The number of amidine groups is 1. The molecular formula is C19H22ClN3O5. The van der Waals surface area contributed by atoms with Gasteiger partial charge in [0.1, 0.15) is 11.6 Å². The summed E-state index contributed by atoms with van der Waals surface area (Å²) in [5, 5.41) is 18.8. The van der Waals surface area contributed by atoms with E-state index in [-0.39, 0.29) is 36.8 Å². The number of carboxylic acid groups (broad SMARTS) is 1. The number of methoxy groups -OCH3 is 1. The fourth-order valence-corrected chi connectivity index (χ4v) is 2.35. The van der Waals surface area contributed by atoms with Gasteiger partial charge >= 0.3 is 5.97 Å². The van der Waals surface area contributed by atoms with Gasteiger partial charge in [-0.2, -0.15) is 0 Å². The minimum atomic E-state index is -1.05. The molecule has 0 fully saturated rings. The van der Waals surface area contributed by atoms with Crippen LogP contribution in [0.25, 0.3) is 0 Å². The summed E-state index contributed by atoms with van der Waals surface area (Å²) >= 11 is 0. The molecule has 0 aliphatic rings. The first-order valence-electron chi connectivity index (χ1n) is 8.10. The smallest absolute Gasteiger partial charge is 0.341 e. The highest BCUT2D eigenvalue weighted by Crippen LogP contribution is 2.20. The Morgan fingerprint density at radius 1 is 1.11 bits per heavy atom. The first kappa shape index (κ1) is 22.9. The van der Waals surface area contributed by atoms with Gasteiger partial charge in [-0.1, -0.05) is 24.3 Å². The lowest BCUT2D eigenvalue weighted by atomic mass is 10.1. The maximum Gasteiger partial charge on any atom is 0.341 e. The number of rotatable bonds is 9. The van der Waals surface area contributed by atoms with Crippen LogP contribution < -0.4 is 15.8 Å². The first-order chi connectivity index (χ1) is 12.9. The summed E-state index contributed by atoms with van der Waals surface area (Å²) in [7, 11) is 1.54. The van der Waals surface area contributed by atoms with Gasteiger partial charge in [0.15, 0.2) is 6.61 Å². The second kappa shape index (κ2) is 10.9. The van der Waals surface area contributed by atoms with E-state index in [4.69, 9.17) is 25.7 Å². The first-order valence-corrected chi connectivity index (χ1v) is 8.10. The number of carboxylic acids is 1. The predicted octanol–water partition coefficient (Wildman–Crippen LogP) is 1.97. The van der Waals surface area contributed by atoms with Gasteiger partial charge in [0, 0.05) is 24.8 Å². The van der Waals surface area contributed by atoms with Crippen molar-refractivity contribution in [3.8, 4) is 5.75 Å². The Morgan fingerprint density at radius 2 is 1.68 bits per heavy atom. The van der Waals surface area contributed by atoms with E-state index in [1.807, 2.05) is 0 Å². The van der Waals surface area contributed by atoms with E-state index >= 15 is 0 Å². The number of nitrogens with one attached hydrogen (secondary N) is 2. The molecule has 0 bridgehead atoms. The van der Waals surface area contributed by atoms with Crippen molar-refractivity contribution < 1.29 is 24.2 Å². The maximum atomic E-state index is 12.3. The van der Waals surface area contributed by atoms with E-state index in [0.29, 0.717) is 16.9 Å². The zero-order chi connectivity index (χ0) is 19.8. The van der Waals surface area contributed by atoms with E-state index < -0.39 is 12.6 Å². The van der Waals surface area contributed by atoms with E-state index in [1.54, 1.807) is 48.5 Å². The molecular weight excluding hydrogens is 386 g/mol. The number of hydrogen-bond donors (Lipinski definition) is 4. The van der Waals surface area contributed by atoms with E-state index in [9.17, 15) is 9.59 Å². The highest BCUT2D eigenvalue weighted by molar-refractivity contribution is 5.98. The average molecular weight is 408 g/mol. The Morgan fingerprint density at radius 3 is 2.18 bits per heavy atom. The Kier molecular flexibility index (Phi) is 8.94. The maximum absolute atomic E-state index is 12.3. The molecule has 9 heteroatoms. The molecule has 0 spiro atoms. The molecule has 0 saturated carbocycles. The number of carbonyl (C=O) groups is 2. The van der Waals surface area contributed by atoms with Crippen LogP contribution in [0.15, 0.2) is 48.5 Å². The average Bonchev–Trinajstić information content (AvgIpc) is 2.67. The molecule has 0 saturated heterocycles. The third-order valence-electron chi connectivity index (χ3n) is 3.80. The molecule has 28 heavy (non-hydrogen) atoms. The van der Waals surface area contributed by atoms with Crippen LogP contribution in [-0.2, 0) is 9.53 Å². The number of nitrogens with two attached hydrogens (primary N) is 1. The van der Waals surface area contributed by atoms with Gasteiger partial charge in [0.05, 0.1) is 6.10 Å².